The lowest BCUT2D eigenvalue weighted by atomic mass is 9.62. The summed E-state index contributed by atoms with van der Waals surface area (Å²) in [5.41, 5.74) is 16.3. The number of fused-ring (bicyclic) bond motifs is 18. The first-order valence-electron chi connectivity index (χ1n) is 23.2. The average Bonchev–Trinajstić information content (AvgIpc) is 3.79. The Labute approximate surface area is 360 Å². The summed E-state index contributed by atoms with van der Waals surface area (Å²) >= 11 is 0. The number of nitrogens with zero attached hydrogens (tertiary/aromatic N) is 2. The molecule has 15 rings (SSSR count). The van der Waals surface area contributed by atoms with E-state index in [1.165, 1.54) is 87.8 Å². The molecular formula is C59H46N2O. The van der Waals surface area contributed by atoms with E-state index in [0.717, 1.165) is 62.0 Å². The van der Waals surface area contributed by atoms with Crippen LogP contribution in [0.1, 0.15) is 67.0 Å². The van der Waals surface area contributed by atoms with Crippen LogP contribution in [0.15, 0.2) is 167 Å². The molecule has 0 bridgehead atoms. The summed E-state index contributed by atoms with van der Waals surface area (Å²) in [7, 11) is 0. The third-order valence-electron chi connectivity index (χ3n) is 16.9. The number of hydrogen-bond acceptors (Lipinski definition) is 2. The van der Waals surface area contributed by atoms with Crippen molar-refractivity contribution in [3.63, 3.8) is 0 Å². The van der Waals surface area contributed by atoms with Gasteiger partial charge in [-0.3, -0.25) is 4.99 Å². The van der Waals surface area contributed by atoms with Gasteiger partial charge in [-0.25, -0.2) is 0 Å². The molecule has 1 saturated carbocycles. The van der Waals surface area contributed by atoms with Gasteiger partial charge in [0.2, 0.25) is 0 Å². The van der Waals surface area contributed by atoms with E-state index in [9.17, 15) is 0 Å². The van der Waals surface area contributed by atoms with E-state index in [1.807, 2.05) is 0 Å². The van der Waals surface area contributed by atoms with E-state index >= 15 is 0 Å². The Morgan fingerprint density at radius 3 is 2.45 bits per heavy atom. The molecule has 5 unspecified atom stereocenters. The van der Waals surface area contributed by atoms with Crippen molar-refractivity contribution in [1.29, 1.82) is 0 Å². The molecule has 298 valence electrons. The Morgan fingerprint density at radius 2 is 1.52 bits per heavy atom. The van der Waals surface area contributed by atoms with Gasteiger partial charge in [-0.2, -0.15) is 0 Å². The van der Waals surface area contributed by atoms with Crippen LogP contribution >= 0.6 is 0 Å². The van der Waals surface area contributed by atoms with Gasteiger partial charge in [-0.15, -0.1) is 0 Å². The van der Waals surface area contributed by atoms with E-state index in [4.69, 9.17) is 9.41 Å². The first kappa shape index (κ1) is 34.2. The zero-order chi connectivity index (χ0) is 40.5. The van der Waals surface area contributed by atoms with Crippen molar-refractivity contribution in [2.45, 2.75) is 62.7 Å². The molecule has 0 radical (unpaired) electrons. The molecule has 0 amide bonds. The molecule has 3 aromatic heterocycles. The second-order valence-electron chi connectivity index (χ2n) is 19.7. The number of rotatable bonds is 2. The van der Waals surface area contributed by atoms with Crippen LogP contribution in [0.5, 0.6) is 0 Å². The van der Waals surface area contributed by atoms with E-state index in [2.05, 4.69) is 163 Å². The minimum atomic E-state index is -0.231. The molecule has 4 heterocycles. The third-order valence-corrected chi connectivity index (χ3v) is 16.9. The quantitative estimate of drug-likeness (QED) is 0.171. The fraction of sp³-hybridized carbons (Fsp3) is 0.237. The standard InChI is InChI=1S/C59H46N2O/c1-58-29-13-12-22-46(58)41(27-25-37-31-45-44-30-35-15-2-3-16-36(35)32-50(44)61-49-23-10-8-20-42(49)52(53(37)58)56(45)61)54-48-33-59(48,57-55(60-54)43-21-9-11-24-51(43)62-57)47-28-26-34-14-4-5-17-38(34)39-18-6-7-19-40(39)47/h2-6,8-18,20-24,29-32,41,46-48H,7,19,25-28,33H2,1H3/t41?,46?,47-,48?,58?,59?/m0/s1. The smallest absolute Gasteiger partial charge is 0.138 e. The van der Waals surface area contributed by atoms with Crippen LogP contribution in [-0.4, -0.2) is 10.1 Å². The van der Waals surface area contributed by atoms with Gasteiger partial charge in [0.1, 0.15) is 17.0 Å². The van der Waals surface area contributed by atoms with E-state index < -0.39 is 0 Å². The van der Waals surface area contributed by atoms with E-state index in [-0.39, 0.29) is 22.7 Å². The molecule has 9 aromatic rings. The van der Waals surface area contributed by atoms with Crippen LogP contribution < -0.4 is 0 Å². The van der Waals surface area contributed by atoms with Crippen LogP contribution in [-0.2, 0) is 23.7 Å². The monoisotopic (exact) mass is 798 g/mol. The van der Waals surface area contributed by atoms with Crippen molar-refractivity contribution in [1.82, 2.24) is 4.40 Å². The molecule has 6 aliphatic rings. The lowest BCUT2D eigenvalue weighted by molar-refractivity contribution is 0.330. The van der Waals surface area contributed by atoms with Gasteiger partial charge in [0, 0.05) is 55.3 Å². The Hall–Kier alpha value is -6.45. The maximum Gasteiger partial charge on any atom is 0.138 e. The maximum absolute atomic E-state index is 7.13. The van der Waals surface area contributed by atoms with Gasteiger partial charge in [-0.1, -0.05) is 128 Å². The van der Waals surface area contributed by atoms with Gasteiger partial charge in [0.15, 0.2) is 0 Å². The Balaban J connectivity index is 0.947. The van der Waals surface area contributed by atoms with Crippen molar-refractivity contribution in [2.75, 3.05) is 0 Å². The van der Waals surface area contributed by atoms with Crippen LogP contribution in [0, 0.1) is 23.7 Å². The SMILES string of the molecule is CC12C=CC=CC1C(C1=Nc3c(oc4ccccc34)C3([C@H]4CCc5ccccc5C5=C4CCC=C5)CC13)CCc1cc3c4cc5ccccc5cc4n4c5ccccc5c(c12)c34. The zero-order valence-corrected chi connectivity index (χ0v) is 35.0. The third kappa shape index (κ3) is 4.20. The molecule has 1 fully saturated rings. The number of aryl methyl sites for hydroxylation is 2. The van der Waals surface area contributed by atoms with Crippen LogP contribution in [0.25, 0.3) is 65.4 Å². The molecule has 0 N–H and O–H groups in total. The highest BCUT2D eigenvalue weighted by atomic mass is 16.3. The molecule has 6 aromatic carbocycles. The number of hydrogen-bond donors (Lipinski definition) is 0. The van der Waals surface area contributed by atoms with Crippen LogP contribution in [0.3, 0.4) is 0 Å². The van der Waals surface area contributed by atoms with E-state index in [0.29, 0.717) is 11.8 Å². The summed E-state index contributed by atoms with van der Waals surface area (Å²) in [6.45, 7) is 2.57. The Bertz CT molecular complexity index is 3620. The Morgan fingerprint density at radius 1 is 0.710 bits per heavy atom. The molecule has 6 atom stereocenters. The predicted molar refractivity (Wildman–Crippen MR) is 256 cm³/mol. The molecule has 5 aliphatic carbocycles. The summed E-state index contributed by atoms with van der Waals surface area (Å²) < 4.78 is 9.72. The number of benzene rings is 6. The number of aromatic nitrogens is 1. The molecular weight excluding hydrogens is 753 g/mol. The number of aliphatic imine (C=N–C) groups is 1. The van der Waals surface area contributed by atoms with Gasteiger partial charge in [-0.05, 0) is 132 Å². The predicted octanol–water partition coefficient (Wildman–Crippen LogP) is 14.7. The first-order chi connectivity index (χ1) is 30.6. The van der Waals surface area contributed by atoms with Crippen LogP contribution in [0.4, 0.5) is 5.69 Å². The van der Waals surface area contributed by atoms with Crippen molar-refractivity contribution >= 4 is 76.8 Å². The highest BCUT2D eigenvalue weighted by Crippen LogP contribution is 2.70. The van der Waals surface area contributed by atoms with Crippen LogP contribution in [0.2, 0.25) is 0 Å². The lowest BCUT2D eigenvalue weighted by Gasteiger charge is -2.41. The topological polar surface area (TPSA) is 29.9 Å². The second-order valence-corrected chi connectivity index (χ2v) is 19.7. The molecule has 3 heteroatoms. The average molecular weight is 799 g/mol. The van der Waals surface area contributed by atoms with Crippen molar-refractivity contribution in [2.24, 2.45) is 28.7 Å². The lowest BCUT2D eigenvalue weighted by Crippen LogP contribution is -2.40. The highest BCUT2D eigenvalue weighted by molar-refractivity contribution is 6.26. The van der Waals surface area contributed by atoms with Crippen molar-refractivity contribution < 1.29 is 4.42 Å². The molecule has 62 heavy (non-hydrogen) atoms. The summed E-state index contributed by atoms with van der Waals surface area (Å²) in [5, 5.41) is 9.32. The van der Waals surface area contributed by atoms with Gasteiger partial charge < -0.3 is 8.82 Å². The second kappa shape index (κ2) is 11.9. The summed E-state index contributed by atoms with van der Waals surface area (Å²) in [5.74, 6) is 2.47. The molecule has 3 nitrogen and oxygen atoms in total. The minimum Gasteiger partial charge on any atom is -0.458 e. The summed E-state index contributed by atoms with van der Waals surface area (Å²) in [6.07, 6.45) is 22.4. The van der Waals surface area contributed by atoms with Crippen molar-refractivity contribution in [3.8, 4) is 0 Å². The van der Waals surface area contributed by atoms with Gasteiger partial charge >= 0.3 is 0 Å². The molecule has 0 spiro atoms. The van der Waals surface area contributed by atoms with Gasteiger partial charge in [0.05, 0.1) is 16.6 Å². The van der Waals surface area contributed by atoms with Gasteiger partial charge in [0.25, 0.3) is 0 Å². The highest BCUT2D eigenvalue weighted by Gasteiger charge is 2.68. The summed E-state index contributed by atoms with van der Waals surface area (Å²) in [4.78, 5) is 5.95. The number of para-hydroxylation sites is 2. The van der Waals surface area contributed by atoms with E-state index in [1.54, 1.807) is 5.57 Å². The Kier molecular flexibility index (Phi) is 6.57. The summed E-state index contributed by atoms with van der Waals surface area (Å²) in [6, 6.07) is 43.5. The maximum atomic E-state index is 7.13. The largest absolute Gasteiger partial charge is 0.458 e. The normalized spacial score (nSPS) is 27.3. The molecule has 1 aliphatic heterocycles. The number of furan rings is 1. The zero-order valence-electron chi connectivity index (χ0n) is 35.0. The van der Waals surface area contributed by atoms with Crippen molar-refractivity contribution in [3.05, 3.63) is 185 Å². The first-order valence-corrected chi connectivity index (χ1v) is 23.2. The fourth-order valence-electron chi connectivity index (χ4n) is 14.3. The fourth-order valence-corrected chi connectivity index (χ4v) is 14.3. The number of allylic oxidation sites excluding steroid dienone is 8. The molecule has 0 saturated heterocycles. The minimum absolute atomic E-state index is 0.0931.